The molecule has 0 radical (unpaired) electrons. The molecule has 6 nitrogen and oxygen atoms in total. The van der Waals surface area contributed by atoms with Crippen molar-refractivity contribution in [3.05, 3.63) is 89.1 Å². The van der Waals surface area contributed by atoms with Gasteiger partial charge in [0.25, 0.3) is 5.91 Å². The number of alkyl halides is 3. The number of benzene rings is 3. The molecule has 0 fully saturated rings. The molecular formula is C28H23F3N4O2S. The van der Waals surface area contributed by atoms with E-state index in [0.717, 1.165) is 17.7 Å². The first kappa shape index (κ1) is 25.6. The van der Waals surface area contributed by atoms with Crippen molar-refractivity contribution in [1.29, 1.82) is 0 Å². The molecule has 194 valence electrons. The maximum atomic E-state index is 13.8. The third-order valence-corrected chi connectivity index (χ3v) is 7.38. The SMILES string of the molecule is Cn1ccc(-c2cc(C(=O)Nc3c(-c4ccccc4)ccc4nc(C(C)(C)O)sc34)ccc2C(F)(F)F)n1. The lowest BCUT2D eigenvalue weighted by atomic mass is 9.99. The Hall–Kier alpha value is -4.02. The number of thiazole rings is 1. The number of nitrogens with zero attached hydrogens (tertiary/aromatic N) is 3. The van der Waals surface area contributed by atoms with E-state index in [1.54, 1.807) is 27.1 Å². The first-order valence-corrected chi connectivity index (χ1v) is 12.5. The van der Waals surface area contributed by atoms with Gasteiger partial charge in [0.15, 0.2) is 0 Å². The average molecular weight is 537 g/mol. The van der Waals surface area contributed by atoms with Crippen LogP contribution in [0.2, 0.25) is 0 Å². The highest BCUT2D eigenvalue weighted by Gasteiger charge is 2.35. The van der Waals surface area contributed by atoms with E-state index in [1.807, 2.05) is 42.5 Å². The number of fused-ring (bicyclic) bond motifs is 1. The molecule has 5 rings (SSSR count). The number of aromatic nitrogens is 3. The fraction of sp³-hybridized carbons (Fsp3) is 0.179. The van der Waals surface area contributed by atoms with Crippen molar-refractivity contribution in [2.75, 3.05) is 5.32 Å². The summed E-state index contributed by atoms with van der Waals surface area (Å²) in [5.41, 5.74) is 0.503. The predicted molar refractivity (Wildman–Crippen MR) is 142 cm³/mol. The molecule has 0 saturated carbocycles. The van der Waals surface area contributed by atoms with Gasteiger partial charge < -0.3 is 10.4 Å². The summed E-state index contributed by atoms with van der Waals surface area (Å²) in [6.45, 7) is 3.25. The lowest BCUT2D eigenvalue weighted by Gasteiger charge is -2.15. The number of nitrogens with one attached hydrogen (secondary N) is 1. The van der Waals surface area contributed by atoms with Gasteiger partial charge in [-0.2, -0.15) is 18.3 Å². The monoisotopic (exact) mass is 536 g/mol. The van der Waals surface area contributed by atoms with Crippen molar-refractivity contribution in [3.63, 3.8) is 0 Å². The Bertz CT molecular complexity index is 1650. The summed E-state index contributed by atoms with van der Waals surface area (Å²) in [5, 5.41) is 18.0. The fourth-order valence-corrected chi connectivity index (χ4v) is 5.19. The number of halogens is 3. The van der Waals surface area contributed by atoms with E-state index < -0.39 is 23.2 Å². The van der Waals surface area contributed by atoms with Gasteiger partial charge in [0.05, 0.1) is 27.2 Å². The molecule has 0 aliphatic rings. The largest absolute Gasteiger partial charge is 0.417 e. The maximum absolute atomic E-state index is 13.8. The molecule has 5 aromatic rings. The third kappa shape index (κ3) is 4.92. The quantitative estimate of drug-likeness (QED) is 0.257. The molecule has 10 heteroatoms. The van der Waals surface area contributed by atoms with Crippen molar-refractivity contribution in [3.8, 4) is 22.4 Å². The van der Waals surface area contributed by atoms with Crippen LogP contribution >= 0.6 is 11.3 Å². The lowest BCUT2D eigenvalue weighted by molar-refractivity contribution is -0.137. The minimum Gasteiger partial charge on any atom is -0.383 e. The molecule has 0 saturated heterocycles. The van der Waals surface area contributed by atoms with Gasteiger partial charge in [0.2, 0.25) is 0 Å². The van der Waals surface area contributed by atoms with E-state index in [1.165, 1.54) is 28.2 Å². The zero-order valence-electron chi connectivity index (χ0n) is 20.7. The first-order chi connectivity index (χ1) is 17.9. The van der Waals surface area contributed by atoms with Gasteiger partial charge in [0, 0.05) is 29.9 Å². The number of hydrogen-bond acceptors (Lipinski definition) is 5. The summed E-state index contributed by atoms with van der Waals surface area (Å²) in [5.74, 6) is -0.584. The van der Waals surface area contributed by atoms with Crippen LogP contribution in [0.1, 0.15) is 34.8 Å². The molecule has 1 amide bonds. The zero-order chi connectivity index (χ0) is 27.2. The van der Waals surface area contributed by atoms with Gasteiger partial charge in [-0.1, -0.05) is 36.4 Å². The highest BCUT2D eigenvalue weighted by atomic mass is 32.1. The molecule has 0 aliphatic carbocycles. The van der Waals surface area contributed by atoms with Crippen molar-refractivity contribution in [2.45, 2.75) is 25.6 Å². The fourth-order valence-electron chi connectivity index (χ4n) is 4.13. The van der Waals surface area contributed by atoms with Crippen molar-refractivity contribution in [1.82, 2.24) is 14.8 Å². The van der Waals surface area contributed by atoms with E-state index in [4.69, 9.17) is 0 Å². The highest BCUT2D eigenvalue weighted by molar-refractivity contribution is 7.19. The maximum Gasteiger partial charge on any atom is 0.417 e. The number of rotatable bonds is 5. The Morgan fingerprint density at radius 3 is 2.37 bits per heavy atom. The van der Waals surface area contributed by atoms with Crippen LogP contribution in [0, 0.1) is 0 Å². The van der Waals surface area contributed by atoms with Gasteiger partial charge in [-0.05, 0) is 49.7 Å². The molecular weight excluding hydrogens is 513 g/mol. The number of hydrogen-bond donors (Lipinski definition) is 2. The Balaban J connectivity index is 1.63. The number of aryl methyl sites for hydroxylation is 1. The van der Waals surface area contributed by atoms with Crippen LogP contribution in [0.25, 0.3) is 32.6 Å². The van der Waals surface area contributed by atoms with Crippen LogP contribution in [0.15, 0.2) is 72.9 Å². The molecule has 2 N–H and O–H groups in total. The Morgan fingerprint density at radius 2 is 1.74 bits per heavy atom. The van der Waals surface area contributed by atoms with Gasteiger partial charge in [-0.3, -0.25) is 9.48 Å². The zero-order valence-corrected chi connectivity index (χ0v) is 21.5. The second kappa shape index (κ2) is 9.38. The molecule has 3 aromatic carbocycles. The average Bonchev–Trinajstić information content (AvgIpc) is 3.50. The van der Waals surface area contributed by atoms with Crippen LogP contribution in [-0.2, 0) is 18.8 Å². The number of carbonyl (C=O) groups is 1. The van der Waals surface area contributed by atoms with Gasteiger partial charge in [-0.25, -0.2) is 4.98 Å². The number of carbonyl (C=O) groups excluding carboxylic acids is 1. The highest BCUT2D eigenvalue weighted by Crippen LogP contribution is 2.41. The van der Waals surface area contributed by atoms with E-state index in [9.17, 15) is 23.1 Å². The summed E-state index contributed by atoms with van der Waals surface area (Å²) < 4.78 is 43.4. The summed E-state index contributed by atoms with van der Waals surface area (Å²) in [4.78, 5) is 18.0. The molecule has 2 heterocycles. The Labute approximate surface area is 220 Å². The van der Waals surface area contributed by atoms with Crippen LogP contribution in [0.3, 0.4) is 0 Å². The Kier molecular flexibility index (Phi) is 6.32. The van der Waals surface area contributed by atoms with E-state index in [-0.39, 0.29) is 16.8 Å². The second-order valence-corrected chi connectivity index (χ2v) is 10.4. The molecule has 0 aliphatic heterocycles. The molecule has 38 heavy (non-hydrogen) atoms. The minimum atomic E-state index is -4.62. The van der Waals surface area contributed by atoms with Crippen LogP contribution in [0.5, 0.6) is 0 Å². The van der Waals surface area contributed by atoms with Crippen LogP contribution in [-0.4, -0.2) is 25.8 Å². The molecule has 0 atom stereocenters. The van der Waals surface area contributed by atoms with Gasteiger partial charge in [-0.15, -0.1) is 11.3 Å². The minimum absolute atomic E-state index is 0.0434. The summed E-state index contributed by atoms with van der Waals surface area (Å²) in [6.07, 6.45) is -3.08. The predicted octanol–water partition coefficient (Wildman–Crippen LogP) is 6.86. The van der Waals surface area contributed by atoms with E-state index in [0.29, 0.717) is 26.5 Å². The Morgan fingerprint density at radius 1 is 1.00 bits per heavy atom. The molecule has 0 bridgehead atoms. The second-order valence-electron chi connectivity index (χ2n) is 9.37. The van der Waals surface area contributed by atoms with E-state index in [2.05, 4.69) is 15.4 Å². The van der Waals surface area contributed by atoms with Gasteiger partial charge >= 0.3 is 6.18 Å². The van der Waals surface area contributed by atoms with Gasteiger partial charge in [0.1, 0.15) is 10.6 Å². The van der Waals surface area contributed by atoms with Crippen molar-refractivity contribution in [2.24, 2.45) is 7.05 Å². The smallest absolute Gasteiger partial charge is 0.383 e. The third-order valence-electron chi connectivity index (χ3n) is 5.98. The van der Waals surface area contributed by atoms with Crippen molar-refractivity contribution < 1.29 is 23.1 Å². The summed E-state index contributed by atoms with van der Waals surface area (Å²) in [7, 11) is 1.61. The number of aliphatic hydroxyl groups is 1. The first-order valence-electron chi connectivity index (χ1n) is 11.7. The van der Waals surface area contributed by atoms with Crippen LogP contribution < -0.4 is 5.32 Å². The summed E-state index contributed by atoms with van der Waals surface area (Å²) >= 11 is 1.25. The molecule has 0 unspecified atom stereocenters. The topological polar surface area (TPSA) is 80.0 Å². The molecule has 2 aromatic heterocycles. The summed E-state index contributed by atoms with van der Waals surface area (Å²) in [6, 6.07) is 17.8. The standard InChI is InChI=1S/C28H23F3N4O2S/c1-27(2,37)26-32-22-12-10-18(16-7-5-4-6-8-16)23(24(22)38-26)33-25(36)17-9-11-20(28(29,30)31)19(15-17)21-13-14-35(3)34-21/h4-15,37H,1-3H3,(H,33,36). The number of amides is 1. The van der Waals surface area contributed by atoms with Crippen LogP contribution in [0.4, 0.5) is 18.9 Å². The number of anilines is 1. The van der Waals surface area contributed by atoms with Crippen molar-refractivity contribution >= 4 is 33.1 Å². The van der Waals surface area contributed by atoms with E-state index >= 15 is 0 Å². The normalized spacial score (nSPS) is 12.2. The molecule has 0 spiro atoms. The lowest BCUT2D eigenvalue weighted by Crippen LogP contribution is -2.15.